The summed E-state index contributed by atoms with van der Waals surface area (Å²) in [5.41, 5.74) is 1.33. The molecule has 0 aromatic carbocycles. The van der Waals surface area contributed by atoms with E-state index in [-0.39, 0.29) is 5.60 Å². The van der Waals surface area contributed by atoms with Crippen LogP contribution in [0.2, 0.25) is 5.15 Å². The number of ether oxygens (including phenoxy) is 1. The summed E-state index contributed by atoms with van der Waals surface area (Å²) in [4.78, 5) is 9.06. The van der Waals surface area contributed by atoms with Crippen LogP contribution >= 0.6 is 11.6 Å². The molecule has 1 saturated carbocycles. The molecule has 0 aliphatic heterocycles. The van der Waals surface area contributed by atoms with Crippen LogP contribution in [-0.4, -0.2) is 26.9 Å². The Morgan fingerprint density at radius 2 is 2.05 bits per heavy atom. The van der Waals surface area contributed by atoms with Crippen LogP contribution in [0.15, 0.2) is 18.5 Å². The number of methoxy groups -OCH3 is 1. The van der Waals surface area contributed by atoms with Gasteiger partial charge in [0, 0.05) is 32.0 Å². The fourth-order valence-electron chi connectivity index (χ4n) is 2.79. The predicted molar refractivity (Wildman–Crippen MR) is 76.4 cm³/mol. The van der Waals surface area contributed by atoms with E-state index >= 15 is 0 Å². The highest BCUT2D eigenvalue weighted by Crippen LogP contribution is 2.40. The van der Waals surface area contributed by atoms with Gasteiger partial charge in [-0.1, -0.05) is 11.6 Å². The van der Waals surface area contributed by atoms with Gasteiger partial charge >= 0.3 is 0 Å². The molecule has 1 aliphatic rings. The molecule has 0 N–H and O–H groups in total. The summed E-state index contributed by atoms with van der Waals surface area (Å²) in [6, 6.07) is 1.76. The SMILES string of the molecule is COC1(c2nc(Cl)cc(-c3cnn(C)c3)n2)CCCC1. The molecule has 3 rings (SSSR count). The Morgan fingerprint density at radius 3 is 2.65 bits per heavy atom. The topological polar surface area (TPSA) is 52.8 Å². The summed E-state index contributed by atoms with van der Waals surface area (Å²) in [7, 11) is 3.60. The number of aryl methyl sites for hydroxylation is 1. The van der Waals surface area contributed by atoms with Crippen molar-refractivity contribution in [1.29, 1.82) is 0 Å². The summed E-state index contributed by atoms with van der Waals surface area (Å²) in [6.07, 6.45) is 7.83. The van der Waals surface area contributed by atoms with Gasteiger partial charge in [-0.2, -0.15) is 5.10 Å². The molecule has 6 heteroatoms. The largest absolute Gasteiger partial charge is 0.370 e. The standard InChI is InChI=1S/C14H17ClN4O/c1-19-9-10(8-16-19)11-7-12(15)18-13(17-11)14(20-2)5-3-4-6-14/h7-9H,3-6H2,1-2H3. The monoisotopic (exact) mass is 292 g/mol. The van der Waals surface area contributed by atoms with Crippen molar-refractivity contribution in [3.8, 4) is 11.3 Å². The van der Waals surface area contributed by atoms with Crippen LogP contribution < -0.4 is 0 Å². The number of nitrogens with zero attached hydrogens (tertiary/aromatic N) is 4. The van der Waals surface area contributed by atoms with Crippen LogP contribution in [0.1, 0.15) is 31.5 Å². The van der Waals surface area contributed by atoms with Gasteiger partial charge in [-0.05, 0) is 25.7 Å². The minimum Gasteiger partial charge on any atom is -0.370 e. The molecule has 2 aromatic rings. The molecule has 1 fully saturated rings. The van der Waals surface area contributed by atoms with E-state index in [1.807, 2.05) is 13.2 Å². The molecule has 5 nitrogen and oxygen atoms in total. The van der Waals surface area contributed by atoms with Crippen LogP contribution in [0.4, 0.5) is 0 Å². The molecular weight excluding hydrogens is 276 g/mol. The lowest BCUT2D eigenvalue weighted by atomic mass is 10.0. The third-order valence-corrected chi connectivity index (χ3v) is 4.10. The molecule has 0 unspecified atom stereocenters. The molecule has 0 spiro atoms. The third-order valence-electron chi connectivity index (χ3n) is 3.91. The lowest BCUT2D eigenvalue weighted by molar-refractivity contribution is -0.0162. The third kappa shape index (κ3) is 2.31. The summed E-state index contributed by atoms with van der Waals surface area (Å²) in [5, 5.41) is 4.61. The maximum absolute atomic E-state index is 6.17. The van der Waals surface area contributed by atoms with Crippen molar-refractivity contribution in [3.63, 3.8) is 0 Å². The molecule has 0 saturated heterocycles. The molecule has 0 amide bonds. The molecule has 0 radical (unpaired) electrons. The molecule has 0 atom stereocenters. The van der Waals surface area contributed by atoms with E-state index in [4.69, 9.17) is 16.3 Å². The van der Waals surface area contributed by atoms with E-state index in [1.165, 1.54) is 0 Å². The second-order valence-corrected chi connectivity index (χ2v) is 5.59. The Labute approximate surface area is 123 Å². The van der Waals surface area contributed by atoms with E-state index in [0.29, 0.717) is 11.0 Å². The molecule has 0 bridgehead atoms. The lowest BCUT2D eigenvalue weighted by Gasteiger charge is -2.25. The van der Waals surface area contributed by atoms with Crippen molar-refractivity contribution in [2.24, 2.45) is 7.05 Å². The van der Waals surface area contributed by atoms with Gasteiger partial charge in [-0.3, -0.25) is 4.68 Å². The Morgan fingerprint density at radius 1 is 1.30 bits per heavy atom. The zero-order valence-corrected chi connectivity index (χ0v) is 12.4. The molecule has 2 heterocycles. The Bertz CT molecular complexity index is 619. The summed E-state index contributed by atoms with van der Waals surface area (Å²) >= 11 is 6.17. The number of hydrogen-bond donors (Lipinski definition) is 0. The smallest absolute Gasteiger partial charge is 0.162 e. The zero-order valence-electron chi connectivity index (χ0n) is 11.6. The minimum atomic E-state index is -0.387. The maximum Gasteiger partial charge on any atom is 0.162 e. The summed E-state index contributed by atoms with van der Waals surface area (Å²) in [5.74, 6) is 0.684. The first-order valence-corrected chi connectivity index (χ1v) is 7.10. The van der Waals surface area contributed by atoms with Gasteiger partial charge in [0.25, 0.3) is 0 Å². The fraction of sp³-hybridized carbons (Fsp3) is 0.500. The van der Waals surface area contributed by atoms with Crippen molar-refractivity contribution in [2.45, 2.75) is 31.3 Å². The lowest BCUT2D eigenvalue weighted by Crippen LogP contribution is -2.27. The van der Waals surface area contributed by atoms with Crippen LogP contribution in [0, 0.1) is 0 Å². The van der Waals surface area contributed by atoms with E-state index in [0.717, 1.165) is 36.9 Å². The number of aromatic nitrogens is 4. The first-order valence-electron chi connectivity index (χ1n) is 6.72. The Balaban J connectivity index is 2.06. The average Bonchev–Trinajstić information content (AvgIpc) is 3.07. The van der Waals surface area contributed by atoms with Crippen LogP contribution in [0.5, 0.6) is 0 Å². The van der Waals surface area contributed by atoms with Gasteiger partial charge in [-0.25, -0.2) is 9.97 Å². The molecular formula is C14H17ClN4O. The highest BCUT2D eigenvalue weighted by Gasteiger charge is 2.39. The Hall–Kier alpha value is -1.46. The van der Waals surface area contributed by atoms with E-state index < -0.39 is 0 Å². The van der Waals surface area contributed by atoms with Gasteiger partial charge < -0.3 is 4.74 Å². The van der Waals surface area contributed by atoms with Crippen LogP contribution in [0.3, 0.4) is 0 Å². The van der Waals surface area contributed by atoms with Gasteiger partial charge in [-0.15, -0.1) is 0 Å². The summed E-state index contributed by atoms with van der Waals surface area (Å²) < 4.78 is 7.47. The number of hydrogen-bond acceptors (Lipinski definition) is 4. The van der Waals surface area contributed by atoms with E-state index in [9.17, 15) is 0 Å². The van der Waals surface area contributed by atoms with Gasteiger partial charge in [0.2, 0.25) is 0 Å². The average molecular weight is 293 g/mol. The molecule has 1 aliphatic carbocycles. The van der Waals surface area contributed by atoms with Crippen molar-refractivity contribution in [3.05, 3.63) is 29.4 Å². The van der Waals surface area contributed by atoms with Crippen LogP contribution in [0.25, 0.3) is 11.3 Å². The first-order chi connectivity index (χ1) is 9.63. The maximum atomic E-state index is 6.17. The minimum absolute atomic E-state index is 0.387. The highest BCUT2D eigenvalue weighted by molar-refractivity contribution is 6.29. The second kappa shape index (κ2) is 5.14. The predicted octanol–water partition coefficient (Wildman–Crippen LogP) is 2.95. The quantitative estimate of drug-likeness (QED) is 0.816. The summed E-state index contributed by atoms with van der Waals surface area (Å²) in [6.45, 7) is 0. The number of halogens is 1. The van der Waals surface area contributed by atoms with Crippen molar-refractivity contribution >= 4 is 11.6 Å². The number of rotatable bonds is 3. The van der Waals surface area contributed by atoms with Gasteiger partial charge in [0.1, 0.15) is 10.8 Å². The molecule has 106 valence electrons. The van der Waals surface area contributed by atoms with Crippen molar-refractivity contribution < 1.29 is 4.74 Å². The first kappa shape index (κ1) is 13.5. The zero-order chi connectivity index (χ0) is 14.2. The van der Waals surface area contributed by atoms with E-state index in [2.05, 4.69) is 15.1 Å². The van der Waals surface area contributed by atoms with Crippen molar-refractivity contribution in [1.82, 2.24) is 19.7 Å². The normalized spacial score (nSPS) is 17.6. The van der Waals surface area contributed by atoms with E-state index in [1.54, 1.807) is 24.1 Å². The second-order valence-electron chi connectivity index (χ2n) is 5.21. The van der Waals surface area contributed by atoms with Gasteiger partial charge in [0.15, 0.2) is 5.82 Å². The van der Waals surface area contributed by atoms with Crippen molar-refractivity contribution in [2.75, 3.05) is 7.11 Å². The fourth-order valence-corrected chi connectivity index (χ4v) is 2.97. The van der Waals surface area contributed by atoms with Gasteiger partial charge in [0.05, 0.1) is 11.9 Å². The highest BCUT2D eigenvalue weighted by atomic mass is 35.5. The molecule has 2 aromatic heterocycles. The Kier molecular flexibility index (Phi) is 3.48. The van der Waals surface area contributed by atoms with Crippen LogP contribution in [-0.2, 0) is 17.4 Å². The molecule has 20 heavy (non-hydrogen) atoms.